The summed E-state index contributed by atoms with van der Waals surface area (Å²) in [5.41, 5.74) is 0. The van der Waals surface area contributed by atoms with E-state index in [1.807, 2.05) is 11.6 Å². The average Bonchev–Trinajstić information content (AvgIpc) is 2.57. The lowest BCUT2D eigenvalue weighted by Crippen LogP contribution is -1.91. The van der Waals surface area contributed by atoms with Gasteiger partial charge in [0.1, 0.15) is 5.03 Å². The molecule has 0 unspecified atom stereocenters. The molecule has 0 saturated carbocycles. The van der Waals surface area contributed by atoms with Crippen LogP contribution in [0, 0.1) is 26.6 Å². The van der Waals surface area contributed by atoms with E-state index in [0.29, 0.717) is 12.8 Å². The minimum atomic E-state index is 0.537. The lowest BCUT2D eigenvalue weighted by molar-refractivity contribution is 0.797. The molecule has 0 radical (unpaired) electrons. The molecule has 0 aliphatic heterocycles. The van der Waals surface area contributed by atoms with Crippen LogP contribution in [0.3, 0.4) is 0 Å². The number of nitriles is 2. The van der Waals surface area contributed by atoms with Gasteiger partial charge in [-0.25, -0.2) is 0 Å². The Morgan fingerprint density at radius 3 is 2.41 bits per heavy atom. The van der Waals surface area contributed by atoms with Crippen molar-refractivity contribution in [1.82, 2.24) is 4.57 Å². The van der Waals surface area contributed by atoms with E-state index < -0.39 is 0 Å². The number of thioether (sulfide) groups is 2. The van der Waals surface area contributed by atoms with Crippen LogP contribution in [0.1, 0.15) is 12.8 Å². The van der Waals surface area contributed by atoms with Crippen molar-refractivity contribution >= 4 is 47.1 Å². The molecule has 0 bridgehead atoms. The maximum Gasteiger partial charge on any atom is 0.162 e. The molecule has 0 aliphatic carbocycles. The molecule has 0 aromatic carbocycles. The Kier molecular flexibility index (Phi) is 6.68. The number of hydrogen-bond acceptors (Lipinski definition) is 6. The van der Waals surface area contributed by atoms with Crippen molar-refractivity contribution in [1.29, 1.82) is 10.5 Å². The van der Waals surface area contributed by atoms with Gasteiger partial charge in [0.15, 0.2) is 3.95 Å². The van der Waals surface area contributed by atoms with Crippen molar-refractivity contribution in [2.24, 2.45) is 7.05 Å². The van der Waals surface area contributed by atoms with Gasteiger partial charge >= 0.3 is 0 Å². The fourth-order valence-corrected chi connectivity index (χ4v) is 5.07. The second-order valence-electron chi connectivity index (χ2n) is 3.03. The lowest BCUT2D eigenvalue weighted by Gasteiger charge is -2.03. The summed E-state index contributed by atoms with van der Waals surface area (Å²) in [7, 11) is 1.95. The normalized spacial score (nSPS) is 9.82. The molecule has 7 heteroatoms. The molecule has 0 spiro atoms. The topological polar surface area (TPSA) is 52.5 Å². The first-order valence-corrected chi connectivity index (χ1v) is 8.09. The van der Waals surface area contributed by atoms with Crippen molar-refractivity contribution in [3.8, 4) is 12.1 Å². The van der Waals surface area contributed by atoms with Crippen LogP contribution in [0.15, 0.2) is 9.24 Å². The maximum absolute atomic E-state index is 8.53. The highest BCUT2D eigenvalue weighted by Crippen LogP contribution is 2.36. The van der Waals surface area contributed by atoms with Crippen molar-refractivity contribution in [2.75, 3.05) is 11.5 Å². The number of hydrogen-bond donors (Lipinski definition) is 0. The quantitative estimate of drug-likeness (QED) is 0.454. The van der Waals surface area contributed by atoms with Crippen molar-refractivity contribution in [2.45, 2.75) is 22.1 Å². The molecular weight excluding hydrogens is 290 g/mol. The second-order valence-corrected chi connectivity index (χ2v) is 7.12. The van der Waals surface area contributed by atoms with Gasteiger partial charge in [-0.15, -0.1) is 23.5 Å². The largest absolute Gasteiger partial charge is 0.320 e. The van der Waals surface area contributed by atoms with E-state index in [1.165, 1.54) is 0 Å². The van der Waals surface area contributed by atoms with Gasteiger partial charge in [-0.3, -0.25) is 0 Å². The summed E-state index contributed by atoms with van der Waals surface area (Å²) >= 11 is 10.1. The van der Waals surface area contributed by atoms with E-state index in [4.69, 9.17) is 22.7 Å². The first-order valence-electron chi connectivity index (χ1n) is 4.90. The van der Waals surface area contributed by atoms with Gasteiger partial charge in [-0.1, -0.05) is 11.3 Å². The van der Waals surface area contributed by atoms with Crippen LogP contribution in [0.4, 0.5) is 0 Å². The van der Waals surface area contributed by atoms with Gasteiger partial charge in [-0.2, -0.15) is 10.5 Å². The fraction of sp³-hybridized carbons (Fsp3) is 0.500. The summed E-state index contributed by atoms with van der Waals surface area (Å²) in [4.78, 5) is 0. The standard InChI is InChI=1S/C10H11N3S4/c1-13-8(15-6-2-4-11)9(17-10(13)14)16-7-3-5-12/h2-3,6-7H2,1H3. The molecule has 3 nitrogen and oxygen atoms in total. The number of thiazole rings is 1. The highest BCUT2D eigenvalue weighted by molar-refractivity contribution is 8.03. The highest BCUT2D eigenvalue weighted by atomic mass is 32.2. The predicted molar refractivity (Wildman–Crippen MR) is 76.0 cm³/mol. The minimum absolute atomic E-state index is 0.537. The van der Waals surface area contributed by atoms with Crippen LogP contribution in [-0.4, -0.2) is 16.1 Å². The van der Waals surface area contributed by atoms with Gasteiger partial charge in [-0.05, 0) is 12.2 Å². The van der Waals surface area contributed by atoms with Crippen molar-refractivity contribution in [3.05, 3.63) is 3.95 Å². The molecule has 1 aromatic rings. The smallest absolute Gasteiger partial charge is 0.162 e. The van der Waals surface area contributed by atoms with Crippen molar-refractivity contribution < 1.29 is 0 Å². The number of aromatic nitrogens is 1. The number of nitrogens with zero attached hydrogens (tertiary/aromatic N) is 3. The molecule has 1 heterocycles. The molecule has 1 aromatic heterocycles. The summed E-state index contributed by atoms with van der Waals surface area (Å²) in [5.74, 6) is 1.57. The number of rotatable bonds is 6. The zero-order chi connectivity index (χ0) is 12.7. The third-order valence-electron chi connectivity index (χ3n) is 1.83. The van der Waals surface area contributed by atoms with Gasteiger partial charge in [0.2, 0.25) is 0 Å². The van der Waals surface area contributed by atoms with Gasteiger partial charge in [0.25, 0.3) is 0 Å². The Bertz CT molecular complexity index is 503. The Balaban J connectivity index is 2.75. The monoisotopic (exact) mass is 301 g/mol. The van der Waals surface area contributed by atoms with Crippen molar-refractivity contribution in [3.63, 3.8) is 0 Å². The molecule has 0 fully saturated rings. The van der Waals surface area contributed by atoms with Crippen LogP contribution >= 0.6 is 47.1 Å². The summed E-state index contributed by atoms with van der Waals surface area (Å²) in [6.45, 7) is 0. The van der Waals surface area contributed by atoms with E-state index in [1.54, 1.807) is 34.9 Å². The fourth-order valence-electron chi connectivity index (χ4n) is 1.04. The van der Waals surface area contributed by atoms with Gasteiger partial charge in [0, 0.05) is 31.4 Å². The van der Waals surface area contributed by atoms with E-state index in [9.17, 15) is 0 Å². The van der Waals surface area contributed by atoms with E-state index in [0.717, 1.165) is 24.7 Å². The average molecular weight is 301 g/mol. The molecule has 1 rings (SSSR count). The predicted octanol–water partition coefficient (Wildman–Crippen LogP) is 3.83. The van der Waals surface area contributed by atoms with E-state index in [-0.39, 0.29) is 0 Å². The van der Waals surface area contributed by atoms with Gasteiger partial charge in [0.05, 0.1) is 16.3 Å². The highest BCUT2D eigenvalue weighted by Gasteiger charge is 2.11. The van der Waals surface area contributed by atoms with Crippen LogP contribution in [0.2, 0.25) is 0 Å². The van der Waals surface area contributed by atoms with Crippen LogP contribution < -0.4 is 0 Å². The molecule has 17 heavy (non-hydrogen) atoms. The maximum atomic E-state index is 8.53. The Labute approximate surface area is 118 Å². The molecule has 0 aliphatic rings. The van der Waals surface area contributed by atoms with E-state index in [2.05, 4.69) is 12.1 Å². The molecule has 90 valence electrons. The second kappa shape index (κ2) is 7.78. The van der Waals surface area contributed by atoms with E-state index >= 15 is 0 Å². The van der Waals surface area contributed by atoms with Crippen LogP contribution in [-0.2, 0) is 7.05 Å². The first kappa shape index (κ1) is 14.6. The third-order valence-corrected chi connectivity index (χ3v) is 6.07. The summed E-state index contributed by atoms with van der Waals surface area (Å²) < 4.78 is 3.98. The lowest BCUT2D eigenvalue weighted by atomic mass is 10.6. The zero-order valence-electron chi connectivity index (χ0n) is 9.30. The Hall–Kier alpha value is -0.470. The summed E-state index contributed by atoms with van der Waals surface area (Å²) in [5, 5.41) is 18.2. The SMILES string of the molecule is Cn1c(SCCC#N)c(SCCC#N)sc1=S. The molecule has 0 amide bonds. The molecular formula is C10H11N3S4. The minimum Gasteiger partial charge on any atom is -0.320 e. The molecule has 0 atom stereocenters. The van der Waals surface area contributed by atoms with Crippen LogP contribution in [0.5, 0.6) is 0 Å². The zero-order valence-corrected chi connectivity index (χ0v) is 12.6. The first-order chi connectivity index (χ1) is 8.20. The van der Waals surface area contributed by atoms with Gasteiger partial charge < -0.3 is 4.57 Å². The molecule has 0 N–H and O–H groups in total. The van der Waals surface area contributed by atoms with Crippen LogP contribution in [0.25, 0.3) is 0 Å². The Morgan fingerprint density at radius 1 is 1.24 bits per heavy atom. The molecule has 0 saturated heterocycles. The summed E-state index contributed by atoms with van der Waals surface area (Å²) in [6, 6.07) is 4.27. The third kappa shape index (κ3) is 4.36. The Morgan fingerprint density at radius 2 is 1.82 bits per heavy atom. The summed E-state index contributed by atoms with van der Waals surface area (Å²) in [6.07, 6.45) is 1.08.